The number of H-pyrrole nitrogens is 1. The van der Waals surface area contributed by atoms with Crippen molar-refractivity contribution in [3.8, 4) is 0 Å². The molecule has 2 aromatic heterocycles. The van der Waals surface area contributed by atoms with Gasteiger partial charge in [-0.15, -0.1) is 0 Å². The van der Waals surface area contributed by atoms with Crippen molar-refractivity contribution in [2.24, 2.45) is 5.11 Å². The van der Waals surface area contributed by atoms with Crippen molar-refractivity contribution in [3.05, 3.63) is 27.1 Å². The molecule has 3 rings (SSSR count). The number of aromatic nitrogens is 4. The molecule has 6 atom stereocenters. The third-order valence-corrected chi connectivity index (χ3v) is 8.15. The van der Waals surface area contributed by atoms with Gasteiger partial charge < -0.3 is 34.8 Å². The number of phosphoric acid groups is 3. The lowest BCUT2D eigenvalue weighted by atomic mass is 10.2. The van der Waals surface area contributed by atoms with Crippen molar-refractivity contribution in [2.75, 3.05) is 12.3 Å². The Morgan fingerprint density at radius 3 is 2.67 bits per heavy atom. The predicted molar refractivity (Wildman–Crippen MR) is 114 cm³/mol. The zero-order chi connectivity index (χ0) is 26.9. The lowest BCUT2D eigenvalue weighted by Crippen LogP contribution is -2.31. The number of azide groups is 1. The van der Waals surface area contributed by atoms with Crippen LogP contribution in [-0.2, 0) is 36.3 Å². The molecule has 2 aromatic rings. The number of nitrogen functional groups attached to an aromatic ring is 1. The van der Waals surface area contributed by atoms with Crippen LogP contribution in [0, 0.1) is 0 Å². The number of nitrogens with one attached hydrogen (secondary N) is 1. The van der Waals surface area contributed by atoms with E-state index in [0.717, 1.165) is 0 Å². The van der Waals surface area contributed by atoms with E-state index in [9.17, 15) is 28.3 Å². The fourth-order valence-electron chi connectivity index (χ4n) is 3.14. The monoisotopic (exact) mass is 576 g/mol. The van der Waals surface area contributed by atoms with Gasteiger partial charge in [0.1, 0.15) is 18.6 Å². The van der Waals surface area contributed by atoms with Crippen LogP contribution in [0.4, 0.5) is 5.95 Å². The number of hydrogen-bond donors (Lipinski definition) is 6. The van der Waals surface area contributed by atoms with Gasteiger partial charge in [-0.05, 0) is 12.5 Å². The van der Waals surface area contributed by atoms with E-state index >= 15 is 0 Å². The average Bonchev–Trinajstić information content (AvgIpc) is 3.27. The highest BCUT2D eigenvalue weighted by Gasteiger charge is 2.44. The first-order valence-corrected chi connectivity index (χ1v) is 14.0. The van der Waals surface area contributed by atoms with Crippen LogP contribution in [0.2, 0.25) is 0 Å². The SMILES string of the molecule is C[C@H](N=[N+]=[N-])OC1C[C@H](n2cnc3c(=O)[nH]c(N)nc32)O[C@@H]1COP(=O)(O)OP(=O)(O)OP(=O)(O)O. The fourth-order valence-corrected chi connectivity index (χ4v) is 6.17. The Morgan fingerprint density at radius 1 is 1.33 bits per heavy atom. The quantitative estimate of drug-likeness (QED) is 0.0910. The highest BCUT2D eigenvalue weighted by Crippen LogP contribution is 2.66. The highest BCUT2D eigenvalue weighted by atomic mass is 31.3. The summed E-state index contributed by atoms with van der Waals surface area (Å²) in [5.74, 6) is -0.207. The lowest BCUT2D eigenvalue weighted by Gasteiger charge is -2.22. The Kier molecular flexibility index (Phi) is 8.39. The molecule has 24 heteroatoms. The minimum Gasteiger partial charge on any atom is -0.369 e. The number of aromatic amines is 1. The summed E-state index contributed by atoms with van der Waals surface area (Å²) in [7, 11) is -16.7. The van der Waals surface area contributed by atoms with E-state index in [0.29, 0.717) is 0 Å². The van der Waals surface area contributed by atoms with Gasteiger partial charge in [-0.1, -0.05) is 5.11 Å². The summed E-state index contributed by atoms with van der Waals surface area (Å²) in [5, 5.41) is 3.35. The molecule has 1 fully saturated rings. The third kappa shape index (κ3) is 7.41. The molecule has 0 amide bonds. The van der Waals surface area contributed by atoms with Crippen LogP contribution in [0.1, 0.15) is 19.6 Å². The average molecular weight is 576 g/mol. The number of hydrogen-bond acceptors (Lipinski definition) is 13. The minimum atomic E-state index is -5.73. The molecule has 0 spiro atoms. The number of rotatable bonds is 11. The van der Waals surface area contributed by atoms with Gasteiger partial charge in [0.25, 0.3) is 5.56 Å². The first-order chi connectivity index (χ1) is 16.6. The van der Waals surface area contributed by atoms with Gasteiger partial charge in [0.15, 0.2) is 11.2 Å². The summed E-state index contributed by atoms with van der Waals surface area (Å²) in [6.07, 6.45) is -2.99. The normalized spacial score (nSPS) is 24.6. The van der Waals surface area contributed by atoms with Crippen molar-refractivity contribution in [1.29, 1.82) is 0 Å². The van der Waals surface area contributed by atoms with Crippen molar-refractivity contribution in [2.45, 2.75) is 38.0 Å². The Bertz CT molecular complexity index is 1370. The second-order valence-electron chi connectivity index (χ2n) is 7.01. The molecule has 0 aromatic carbocycles. The van der Waals surface area contributed by atoms with Gasteiger partial charge >= 0.3 is 23.5 Å². The molecule has 1 aliphatic rings. The maximum Gasteiger partial charge on any atom is 0.490 e. The zero-order valence-corrected chi connectivity index (χ0v) is 20.5. The second kappa shape index (κ2) is 10.6. The van der Waals surface area contributed by atoms with E-state index in [1.54, 1.807) is 0 Å². The molecule has 7 N–H and O–H groups in total. The Hall–Kier alpha value is -2.21. The van der Waals surface area contributed by atoms with Crippen LogP contribution in [-0.4, -0.2) is 64.1 Å². The topological polar surface area (TPSA) is 317 Å². The van der Waals surface area contributed by atoms with E-state index in [1.807, 2.05) is 0 Å². The van der Waals surface area contributed by atoms with Gasteiger partial charge in [0.2, 0.25) is 5.95 Å². The standard InChI is InChI=1S/C12H19N8O13P3/c1-5(18-19-14)30-6-2-8(20-4-15-9-10(20)16-12(13)17-11(9)21)31-7(6)3-29-35(25,26)33-36(27,28)32-34(22,23)24/h4-8H,2-3H2,1H3,(H,25,26)(H,27,28)(H2,22,23,24)(H3,13,16,17,21)/t5-,6?,7-,8-/m1/s1. The smallest absolute Gasteiger partial charge is 0.369 e. The van der Waals surface area contributed by atoms with Gasteiger partial charge in [-0.2, -0.15) is 13.6 Å². The molecule has 3 unspecified atom stereocenters. The van der Waals surface area contributed by atoms with Gasteiger partial charge in [-0.3, -0.25) is 18.9 Å². The number of fused-ring (bicyclic) bond motifs is 1. The Morgan fingerprint density at radius 2 is 2.03 bits per heavy atom. The minimum absolute atomic E-state index is 0.0183. The summed E-state index contributed by atoms with van der Waals surface area (Å²) in [6.45, 7) is 0.553. The van der Waals surface area contributed by atoms with E-state index < -0.39 is 60.3 Å². The Balaban J connectivity index is 1.80. The molecule has 0 aliphatic carbocycles. The molecule has 3 heterocycles. The number of imidazole rings is 1. The summed E-state index contributed by atoms with van der Waals surface area (Å²) in [5.41, 5.74) is 13.5. The van der Waals surface area contributed by atoms with Crippen LogP contribution < -0.4 is 11.3 Å². The van der Waals surface area contributed by atoms with Crippen LogP contribution in [0.5, 0.6) is 0 Å². The van der Waals surface area contributed by atoms with Gasteiger partial charge in [0, 0.05) is 11.3 Å². The summed E-state index contributed by atoms with van der Waals surface area (Å²) in [6, 6.07) is 0. The summed E-state index contributed by atoms with van der Waals surface area (Å²) in [4.78, 5) is 61.0. The van der Waals surface area contributed by atoms with Crippen molar-refractivity contribution < 1.29 is 55.9 Å². The number of phosphoric ester groups is 1. The molecule has 0 saturated carbocycles. The molecule has 36 heavy (non-hydrogen) atoms. The number of ether oxygens (including phenoxy) is 2. The molecule has 0 bridgehead atoms. The first kappa shape index (κ1) is 28.4. The summed E-state index contributed by atoms with van der Waals surface area (Å²) >= 11 is 0. The molecule has 1 saturated heterocycles. The molecular formula is C12H19N8O13P3. The molecule has 0 radical (unpaired) electrons. The van der Waals surface area contributed by atoms with E-state index in [4.69, 9.17) is 30.5 Å². The third-order valence-electron chi connectivity index (χ3n) is 4.35. The largest absolute Gasteiger partial charge is 0.490 e. The van der Waals surface area contributed by atoms with Crippen LogP contribution >= 0.6 is 23.5 Å². The number of nitrogens with zero attached hydrogens (tertiary/aromatic N) is 6. The number of anilines is 1. The lowest BCUT2D eigenvalue weighted by molar-refractivity contribution is -0.0745. The number of nitrogens with two attached hydrogens (primary N) is 1. The van der Waals surface area contributed by atoms with Crippen LogP contribution in [0.25, 0.3) is 21.6 Å². The van der Waals surface area contributed by atoms with Crippen LogP contribution in [0.15, 0.2) is 16.2 Å². The summed E-state index contributed by atoms with van der Waals surface area (Å²) < 4.78 is 58.9. The zero-order valence-electron chi connectivity index (χ0n) is 17.9. The highest BCUT2D eigenvalue weighted by molar-refractivity contribution is 7.66. The fraction of sp³-hybridized carbons (Fsp3) is 0.583. The Labute approximate surface area is 199 Å². The van der Waals surface area contributed by atoms with Gasteiger partial charge in [0.05, 0.1) is 19.0 Å². The van der Waals surface area contributed by atoms with Crippen molar-refractivity contribution in [3.63, 3.8) is 0 Å². The molecule has 1 aliphatic heterocycles. The molecule has 200 valence electrons. The predicted octanol–water partition coefficient (Wildman–Crippen LogP) is 0.374. The van der Waals surface area contributed by atoms with E-state index in [2.05, 4.69) is 38.1 Å². The van der Waals surface area contributed by atoms with Crippen molar-refractivity contribution >= 4 is 40.6 Å². The molecular weight excluding hydrogens is 557 g/mol. The maximum absolute atomic E-state index is 12.1. The maximum atomic E-state index is 12.1. The van der Waals surface area contributed by atoms with Crippen molar-refractivity contribution in [1.82, 2.24) is 19.5 Å². The second-order valence-corrected chi connectivity index (χ2v) is 11.4. The van der Waals surface area contributed by atoms with Gasteiger partial charge in [-0.25, -0.2) is 18.7 Å². The van der Waals surface area contributed by atoms with E-state index in [1.165, 1.54) is 17.8 Å². The molecule has 21 nitrogen and oxygen atoms in total. The first-order valence-electron chi connectivity index (χ1n) is 9.45. The van der Waals surface area contributed by atoms with Crippen LogP contribution in [0.3, 0.4) is 0 Å². The van der Waals surface area contributed by atoms with E-state index in [-0.39, 0.29) is 23.5 Å².